The molecular weight excluding hydrogens is 287 g/mol. The van der Waals surface area contributed by atoms with Crippen LogP contribution in [0.1, 0.15) is 12.0 Å². The molecule has 0 atom stereocenters. The van der Waals surface area contributed by atoms with Crippen LogP contribution >= 0.6 is 0 Å². The van der Waals surface area contributed by atoms with Crippen LogP contribution in [0, 0.1) is 0 Å². The molecule has 2 heterocycles. The van der Waals surface area contributed by atoms with Crippen LogP contribution in [-0.2, 0) is 17.5 Å². The van der Waals surface area contributed by atoms with Crippen LogP contribution in [0.3, 0.4) is 0 Å². The van der Waals surface area contributed by atoms with Gasteiger partial charge in [-0.05, 0) is 17.2 Å². The number of carbonyl (C=O) groups is 1. The minimum absolute atomic E-state index is 0.0600. The summed E-state index contributed by atoms with van der Waals surface area (Å²) in [4.78, 5) is 14.2. The van der Waals surface area contributed by atoms with Gasteiger partial charge in [0.25, 0.3) is 0 Å². The summed E-state index contributed by atoms with van der Waals surface area (Å²) in [5.74, 6) is -0.933. The number of halogens is 3. The van der Waals surface area contributed by atoms with Crippen molar-refractivity contribution in [2.75, 3.05) is 0 Å². The van der Waals surface area contributed by atoms with Gasteiger partial charge in [0.05, 0.1) is 11.3 Å². The molecule has 110 valence electrons. The predicted octanol–water partition coefficient (Wildman–Crippen LogP) is 1.92. The lowest BCUT2D eigenvalue weighted by Crippen LogP contribution is -2.38. The van der Waals surface area contributed by atoms with E-state index in [1.165, 1.54) is 16.9 Å². The first kappa shape index (κ1) is 14.9. The highest BCUT2D eigenvalue weighted by Crippen LogP contribution is 2.29. The summed E-state index contributed by atoms with van der Waals surface area (Å²) in [5, 5.41) is 12.5. The van der Waals surface area contributed by atoms with Gasteiger partial charge in [-0.3, -0.25) is 9.78 Å². The largest absolute Gasteiger partial charge is 0.481 e. The Balaban J connectivity index is 2.13. The predicted molar refractivity (Wildman–Crippen MR) is 64.9 cm³/mol. The van der Waals surface area contributed by atoms with Gasteiger partial charge in [0, 0.05) is 17.8 Å². The highest BCUT2D eigenvalue weighted by molar-refractivity contribution is 5.66. The number of hydrogen-bond donors (Lipinski definition) is 1. The maximum atomic E-state index is 12.4. The molecule has 0 amide bonds. The highest BCUT2D eigenvalue weighted by Gasteiger charge is 2.30. The van der Waals surface area contributed by atoms with E-state index < -0.39 is 17.7 Å². The second-order valence-electron chi connectivity index (χ2n) is 4.25. The number of nitrogens with zero attached hydrogens (tertiary/aromatic N) is 3. The van der Waals surface area contributed by atoms with E-state index in [1.807, 2.05) is 0 Å². The molecule has 2 aromatic rings. The van der Waals surface area contributed by atoms with Gasteiger partial charge >= 0.3 is 12.1 Å². The first-order chi connectivity index (χ1) is 9.86. The third kappa shape index (κ3) is 3.98. The third-order valence-electron chi connectivity index (χ3n) is 2.71. The molecule has 0 aliphatic carbocycles. The first-order valence-corrected chi connectivity index (χ1v) is 5.97. The fraction of sp³-hybridized carbons (Fsp3) is 0.231. The van der Waals surface area contributed by atoms with Crippen LogP contribution in [0.25, 0.3) is 11.3 Å². The monoisotopic (exact) mass is 298 g/mol. The second kappa shape index (κ2) is 5.86. The number of aromatic nitrogens is 3. The molecule has 2 aromatic heterocycles. The quantitative estimate of drug-likeness (QED) is 0.876. The zero-order valence-corrected chi connectivity index (χ0v) is 10.7. The van der Waals surface area contributed by atoms with E-state index in [1.54, 1.807) is 12.3 Å². The van der Waals surface area contributed by atoms with Gasteiger partial charge in [-0.15, -0.1) is 0 Å². The maximum absolute atomic E-state index is 12.4. The van der Waals surface area contributed by atoms with Gasteiger partial charge in [-0.1, -0.05) is 4.68 Å². The number of aryl methyl sites for hydroxylation is 1. The Labute approximate surface area is 117 Å². The molecule has 0 bridgehead atoms. The Morgan fingerprint density at radius 2 is 2.00 bits per heavy atom. The fourth-order valence-corrected chi connectivity index (χ4v) is 1.61. The van der Waals surface area contributed by atoms with Crippen LogP contribution in [0.5, 0.6) is 0 Å². The SMILES string of the molecule is O=C(O)CC[n+]1ccc(-c2ccc(C(F)(F)F)cn2)cn1. The van der Waals surface area contributed by atoms with Crippen LogP contribution in [-0.4, -0.2) is 21.2 Å². The summed E-state index contributed by atoms with van der Waals surface area (Å²) in [6, 6.07) is 3.83. The average Bonchev–Trinajstić information content (AvgIpc) is 2.45. The van der Waals surface area contributed by atoms with E-state index in [0.29, 0.717) is 11.3 Å². The first-order valence-electron chi connectivity index (χ1n) is 5.97. The molecule has 1 N–H and O–H groups in total. The van der Waals surface area contributed by atoms with Crippen molar-refractivity contribution in [3.05, 3.63) is 42.4 Å². The molecule has 0 saturated carbocycles. The second-order valence-corrected chi connectivity index (χ2v) is 4.25. The number of pyridine rings is 1. The van der Waals surface area contributed by atoms with Crippen molar-refractivity contribution in [1.29, 1.82) is 0 Å². The summed E-state index contributed by atoms with van der Waals surface area (Å²) < 4.78 is 38.7. The smallest absolute Gasteiger partial charge is 0.417 e. The zero-order valence-electron chi connectivity index (χ0n) is 10.7. The molecule has 0 aliphatic rings. The molecule has 5 nitrogen and oxygen atoms in total. The van der Waals surface area contributed by atoms with E-state index in [4.69, 9.17) is 5.11 Å². The van der Waals surface area contributed by atoms with Crippen molar-refractivity contribution in [2.24, 2.45) is 0 Å². The van der Waals surface area contributed by atoms with Crippen molar-refractivity contribution >= 4 is 5.97 Å². The number of hydrogen-bond acceptors (Lipinski definition) is 3. The maximum Gasteiger partial charge on any atom is 0.417 e. The molecule has 0 radical (unpaired) electrons. The lowest BCUT2D eigenvalue weighted by Gasteiger charge is -2.06. The molecule has 0 unspecified atom stereocenters. The molecule has 0 aliphatic heterocycles. The summed E-state index contributed by atoms with van der Waals surface area (Å²) in [5.41, 5.74) is 0.0999. The summed E-state index contributed by atoms with van der Waals surface area (Å²) in [6.45, 7) is 0.218. The van der Waals surface area contributed by atoms with Gasteiger partial charge in [0.1, 0.15) is 12.6 Å². The van der Waals surface area contributed by atoms with E-state index in [9.17, 15) is 18.0 Å². The van der Waals surface area contributed by atoms with Crippen LogP contribution < -0.4 is 4.68 Å². The van der Waals surface area contributed by atoms with Crippen molar-refractivity contribution < 1.29 is 27.8 Å². The molecule has 0 aromatic carbocycles. The Kier molecular flexibility index (Phi) is 4.15. The van der Waals surface area contributed by atoms with Gasteiger partial charge in [0.2, 0.25) is 0 Å². The highest BCUT2D eigenvalue weighted by atomic mass is 19.4. The van der Waals surface area contributed by atoms with Crippen LogP contribution in [0.15, 0.2) is 36.8 Å². The van der Waals surface area contributed by atoms with E-state index >= 15 is 0 Å². The number of carboxylic acids is 1. The molecule has 21 heavy (non-hydrogen) atoms. The topological polar surface area (TPSA) is 67.0 Å². The number of carboxylic acid groups (broad SMARTS) is 1. The normalized spacial score (nSPS) is 11.4. The Bertz CT molecular complexity index is 625. The van der Waals surface area contributed by atoms with Crippen molar-refractivity contribution in [2.45, 2.75) is 19.1 Å². The van der Waals surface area contributed by atoms with Crippen molar-refractivity contribution in [1.82, 2.24) is 10.1 Å². The van der Waals surface area contributed by atoms with Gasteiger partial charge in [-0.2, -0.15) is 13.2 Å². The Hall–Kier alpha value is -2.51. The standard InChI is InChI=1S/C13H10F3N3O2/c14-13(15,16)10-1-2-11(17-8-10)9-3-5-19(18-7-9)6-4-12(20)21/h1-3,5,7-8H,4,6H2/p+1. The Morgan fingerprint density at radius 1 is 1.24 bits per heavy atom. The molecule has 2 rings (SSSR count). The van der Waals surface area contributed by atoms with Crippen molar-refractivity contribution in [3.63, 3.8) is 0 Å². The summed E-state index contributed by atoms with van der Waals surface area (Å²) >= 11 is 0. The number of rotatable bonds is 4. The van der Waals surface area contributed by atoms with E-state index in [2.05, 4.69) is 10.1 Å². The fourth-order valence-electron chi connectivity index (χ4n) is 1.61. The minimum Gasteiger partial charge on any atom is -0.481 e. The minimum atomic E-state index is -4.42. The summed E-state index contributed by atoms with van der Waals surface area (Å²) in [7, 11) is 0. The van der Waals surface area contributed by atoms with E-state index in [0.717, 1.165) is 12.3 Å². The summed E-state index contributed by atoms with van der Waals surface area (Å²) in [6.07, 6.45) is -0.730. The molecular formula is C13H11F3N3O2+. The molecule has 8 heteroatoms. The average molecular weight is 298 g/mol. The van der Waals surface area contributed by atoms with Gasteiger partial charge in [-0.25, -0.2) is 0 Å². The Morgan fingerprint density at radius 3 is 2.48 bits per heavy atom. The van der Waals surface area contributed by atoms with E-state index in [-0.39, 0.29) is 13.0 Å². The van der Waals surface area contributed by atoms with Crippen LogP contribution in [0.2, 0.25) is 0 Å². The van der Waals surface area contributed by atoms with Gasteiger partial charge < -0.3 is 5.11 Å². The van der Waals surface area contributed by atoms with Crippen LogP contribution in [0.4, 0.5) is 13.2 Å². The lowest BCUT2D eigenvalue weighted by molar-refractivity contribution is -0.752. The number of alkyl halides is 3. The molecule has 0 spiro atoms. The molecule has 0 fully saturated rings. The molecule has 0 saturated heterocycles. The van der Waals surface area contributed by atoms with Gasteiger partial charge in [0.15, 0.2) is 12.7 Å². The zero-order chi connectivity index (χ0) is 15.5. The van der Waals surface area contributed by atoms with Crippen molar-refractivity contribution in [3.8, 4) is 11.3 Å². The number of aliphatic carboxylic acids is 1. The third-order valence-corrected chi connectivity index (χ3v) is 2.71. The lowest BCUT2D eigenvalue weighted by atomic mass is 10.2.